The van der Waals surface area contributed by atoms with Crippen LogP contribution in [0.1, 0.15) is 11.6 Å². The number of hydrogen-bond donors (Lipinski definition) is 3. The monoisotopic (exact) mass is 215 g/mol. The van der Waals surface area contributed by atoms with Crippen LogP contribution in [0.2, 0.25) is 5.02 Å². The molecule has 0 bridgehead atoms. The highest BCUT2D eigenvalue weighted by atomic mass is 35.5. The molecule has 4 N–H and O–H groups in total. The van der Waals surface area contributed by atoms with Crippen LogP contribution in [0.5, 0.6) is 0 Å². The molecule has 0 fully saturated rings. The summed E-state index contributed by atoms with van der Waals surface area (Å²) in [5.41, 5.74) is 6.05. The first kappa shape index (κ1) is 11.0. The third-order valence-electron chi connectivity index (χ3n) is 1.85. The maximum atomic E-state index is 10.4. The number of aliphatic hydroxyl groups is 1. The van der Waals surface area contributed by atoms with Gasteiger partial charge in [-0.2, -0.15) is 0 Å². The van der Waals surface area contributed by atoms with Crippen LogP contribution in [0.3, 0.4) is 0 Å². The van der Waals surface area contributed by atoms with Gasteiger partial charge < -0.3 is 15.9 Å². The van der Waals surface area contributed by atoms with Gasteiger partial charge in [0.2, 0.25) is 0 Å². The van der Waals surface area contributed by atoms with Crippen molar-refractivity contribution in [1.29, 1.82) is 0 Å². The number of aliphatic carboxylic acids is 1. The van der Waals surface area contributed by atoms with Gasteiger partial charge in [0.15, 0.2) is 6.10 Å². The van der Waals surface area contributed by atoms with E-state index in [1.165, 1.54) is 0 Å². The van der Waals surface area contributed by atoms with Crippen molar-refractivity contribution in [2.45, 2.75) is 12.1 Å². The van der Waals surface area contributed by atoms with Crippen LogP contribution in [-0.4, -0.2) is 22.3 Å². The predicted octanol–water partition coefficient (Wildman–Crippen LogP) is 0.785. The van der Waals surface area contributed by atoms with Gasteiger partial charge in [0, 0.05) is 5.02 Å². The van der Waals surface area contributed by atoms with Gasteiger partial charge in [0.05, 0.1) is 6.04 Å². The molecule has 0 heterocycles. The molecule has 0 amide bonds. The van der Waals surface area contributed by atoms with Crippen molar-refractivity contribution in [1.82, 2.24) is 0 Å². The second-order valence-electron chi connectivity index (χ2n) is 2.86. The topological polar surface area (TPSA) is 83.5 Å². The number of carboxylic acids is 1. The number of carboxylic acid groups (broad SMARTS) is 1. The highest BCUT2D eigenvalue weighted by Gasteiger charge is 2.23. The van der Waals surface area contributed by atoms with Gasteiger partial charge >= 0.3 is 5.97 Å². The zero-order valence-corrected chi connectivity index (χ0v) is 7.98. The molecule has 5 heteroatoms. The second kappa shape index (κ2) is 4.41. The Balaban J connectivity index is 2.84. The molecule has 0 saturated heterocycles. The third-order valence-corrected chi connectivity index (χ3v) is 2.10. The SMILES string of the molecule is N[C@@H](c1ccc(Cl)cc1)[C@H](O)C(=O)O. The second-order valence-corrected chi connectivity index (χ2v) is 3.30. The van der Waals surface area contributed by atoms with Gasteiger partial charge in [-0.3, -0.25) is 0 Å². The maximum absolute atomic E-state index is 10.4. The molecule has 0 aliphatic carbocycles. The molecule has 0 unspecified atom stereocenters. The van der Waals surface area contributed by atoms with E-state index in [2.05, 4.69) is 0 Å². The fraction of sp³-hybridized carbons (Fsp3) is 0.222. The van der Waals surface area contributed by atoms with E-state index in [4.69, 9.17) is 27.5 Å². The molecule has 1 rings (SSSR count). The summed E-state index contributed by atoms with van der Waals surface area (Å²) in [7, 11) is 0. The molecule has 14 heavy (non-hydrogen) atoms. The van der Waals surface area contributed by atoms with Gasteiger partial charge in [-0.05, 0) is 17.7 Å². The van der Waals surface area contributed by atoms with E-state index in [-0.39, 0.29) is 0 Å². The highest BCUT2D eigenvalue weighted by molar-refractivity contribution is 6.30. The Bertz CT molecular complexity index is 325. The molecule has 0 aromatic heterocycles. The summed E-state index contributed by atoms with van der Waals surface area (Å²) in [5, 5.41) is 18.2. The van der Waals surface area contributed by atoms with Gasteiger partial charge in [0.1, 0.15) is 0 Å². The summed E-state index contributed by atoms with van der Waals surface area (Å²) in [6.45, 7) is 0. The maximum Gasteiger partial charge on any atom is 0.334 e. The molecule has 0 spiro atoms. The van der Waals surface area contributed by atoms with Crippen LogP contribution >= 0.6 is 11.6 Å². The lowest BCUT2D eigenvalue weighted by atomic mass is 10.0. The minimum absolute atomic E-state index is 0.532. The van der Waals surface area contributed by atoms with Crippen LogP contribution in [-0.2, 0) is 4.79 Å². The lowest BCUT2D eigenvalue weighted by Gasteiger charge is -2.15. The Morgan fingerprint density at radius 2 is 1.86 bits per heavy atom. The van der Waals surface area contributed by atoms with Crippen LogP contribution in [0.15, 0.2) is 24.3 Å². The van der Waals surface area contributed by atoms with Gasteiger partial charge in [-0.1, -0.05) is 23.7 Å². The molecule has 76 valence electrons. The first-order valence-corrected chi connectivity index (χ1v) is 4.32. The molecule has 0 aliphatic heterocycles. The van der Waals surface area contributed by atoms with Crippen LogP contribution in [0, 0.1) is 0 Å². The molecule has 0 aliphatic rings. The number of carbonyl (C=O) groups is 1. The minimum Gasteiger partial charge on any atom is -0.479 e. The Morgan fingerprint density at radius 1 is 1.36 bits per heavy atom. The minimum atomic E-state index is -1.60. The number of halogens is 1. The molecule has 0 radical (unpaired) electrons. The van der Waals surface area contributed by atoms with E-state index in [0.29, 0.717) is 10.6 Å². The first-order chi connectivity index (χ1) is 6.52. The van der Waals surface area contributed by atoms with Crippen molar-refractivity contribution < 1.29 is 15.0 Å². The molecule has 1 aromatic carbocycles. The smallest absolute Gasteiger partial charge is 0.334 e. The summed E-state index contributed by atoms with van der Waals surface area (Å²) in [4.78, 5) is 10.4. The first-order valence-electron chi connectivity index (χ1n) is 3.94. The van der Waals surface area contributed by atoms with Crippen LogP contribution in [0.25, 0.3) is 0 Å². The zero-order valence-electron chi connectivity index (χ0n) is 7.22. The molecular formula is C9H10ClNO3. The quantitative estimate of drug-likeness (QED) is 0.696. The van der Waals surface area contributed by atoms with E-state index < -0.39 is 18.1 Å². The van der Waals surface area contributed by atoms with Crippen molar-refractivity contribution in [3.8, 4) is 0 Å². The number of aliphatic hydroxyl groups excluding tert-OH is 1. The number of benzene rings is 1. The third kappa shape index (κ3) is 2.45. The van der Waals surface area contributed by atoms with E-state index >= 15 is 0 Å². The van der Waals surface area contributed by atoms with Crippen LogP contribution in [0.4, 0.5) is 0 Å². The fourth-order valence-corrected chi connectivity index (χ4v) is 1.15. The normalized spacial score (nSPS) is 14.8. The Hall–Kier alpha value is -1.10. The van der Waals surface area contributed by atoms with E-state index in [1.807, 2.05) is 0 Å². The molecule has 1 aromatic rings. The lowest BCUT2D eigenvalue weighted by molar-refractivity contribution is -0.147. The average molecular weight is 216 g/mol. The average Bonchev–Trinajstić information content (AvgIpc) is 2.16. The standard InChI is InChI=1S/C9H10ClNO3/c10-6-3-1-5(2-4-6)7(11)8(12)9(13)14/h1-4,7-8,12H,11H2,(H,13,14)/t7-,8-/m0/s1. The number of hydrogen-bond acceptors (Lipinski definition) is 3. The largest absolute Gasteiger partial charge is 0.479 e. The lowest BCUT2D eigenvalue weighted by Crippen LogP contribution is -2.33. The summed E-state index contributed by atoms with van der Waals surface area (Å²) >= 11 is 5.64. The highest BCUT2D eigenvalue weighted by Crippen LogP contribution is 2.17. The molecule has 2 atom stereocenters. The Labute approximate surface area is 85.9 Å². The summed E-state index contributed by atoms with van der Waals surface area (Å²) in [6, 6.07) is 5.40. The number of rotatable bonds is 3. The Kier molecular flexibility index (Phi) is 3.46. The van der Waals surface area contributed by atoms with Crippen LogP contribution < -0.4 is 5.73 Å². The molecule has 0 saturated carbocycles. The fourth-order valence-electron chi connectivity index (χ4n) is 1.02. The van der Waals surface area contributed by atoms with Gasteiger partial charge in [-0.15, -0.1) is 0 Å². The summed E-state index contributed by atoms with van der Waals surface area (Å²) < 4.78 is 0. The van der Waals surface area contributed by atoms with E-state index in [9.17, 15) is 4.79 Å². The van der Waals surface area contributed by atoms with Crippen molar-refractivity contribution >= 4 is 17.6 Å². The van der Waals surface area contributed by atoms with Crippen molar-refractivity contribution in [3.63, 3.8) is 0 Å². The van der Waals surface area contributed by atoms with Crippen molar-refractivity contribution in [2.75, 3.05) is 0 Å². The number of nitrogens with two attached hydrogens (primary N) is 1. The van der Waals surface area contributed by atoms with Crippen molar-refractivity contribution in [3.05, 3.63) is 34.9 Å². The van der Waals surface area contributed by atoms with Gasteiger partial charge in [0.25, 0.3) is 0 Å². The Morgan fingerprint density at radius 3 is 2.29 bits per heavy atom. The van der Waals surface area contributed by atoms with E-state index in [0.717, 1.165) is 0 Å². The summed E-state index contributed by atoms with van der Waals surface area (Å²) in [5.74, 6) is -1.34. The molecular weight excluding hydrogens is 206 g/mol. The zero-order chi connectivity index (χ0) is 10.7. The molecule has 4 nitrogen and oxygen atoms in total. The summed E-state index contributed by atoms with van der Waals surface area (Å²) in [6.07, 6.45) is -1.60. The predicted molar refractivity (Wildman–Crippen MR) is 52.0 cm³/mol. The van der Waals surface area contributed by atoms with E-state index in [1.54, 1.807) is 24.3 Å². The van der Waals surface area contributed by atoms with Crippen molar-refractivity contribution in [2.24, 2.45) is 5.73 Å². The van der Waals surface area contributed by atoms with Gasteiger partial charge in [-0.25, -0.2) is 4.79 Å².